The van der Waals surface area contributed by atoms with Crippen LogP contribution in [0, 0.1) is 22.0 Å². The van der Waals surface area contributed by atoms with Gasteiger partial charge in [-0.1, -0.05) is 0 Å². The molecule has 11 nitrogen and oxygen atoms in total. The number of imide groups is 1. The van der Waals surface area contributed by atoms with Crippen molar-refractivity contribution in [2.75, 3.05) is 31.0 Å². The zero-order valence-electron chi connectivity index (χ0n) is 19.0. The molecule has 2 aromatic rings. The molecule has 3 fully saturated rings. The normalized spacial score (nSPS) is 28.8. The fourth-order valence-electron chi connectivity index (χ4n) is 6.51. The van der Waals surface area contributed by atoms with E-state index in [2.05, 4.69) is 5.32 Å². The van der Waals surface area contributed by atoms with Gasteiger partial charge in [0.2, 0.25) is 17.7 Å². The number of rotatable bonds is 4. The number of anilines is 2. The van der Waals surface area contributed by atoms with Crippen molar-refractivity contribution >= 4 is 34.8 Å². The smallest absolute Gasteiger partial charge is 0.271 e. The Kier molecular flexibility index (Phi) is 4.46. The molecule has 3 amide bonds. The number of nitrogens with zero attached hydrogens (tertiary/aromatic N) is 3. The van der Waals surface area contributed by atoms with Gasteiger partial charge < -0.3 is 14.8 Å². The molecule has 4 aliphatic rings. The largest absolute Gasteiger partial charge is 0.497 e. The second kappa shape index (κ2) is 7.25. The molecule has 11 heteroatoms. The van der Waals surface area contributed by atoms with E-state index in [4.69, 9.17) is 9.47 Å². The van der Waals surface area contributed by atoms with Crippen LogP contribution in [-0.2, 0) is 19.9 Å². The lowest BCUT2D eigenvalue weighted by atomic mass is 9.75. The van der Waals surface area contributed by atoms with E-state index in [1.54, 1.807) is 18.2 Å². The second-order valence-electron chi connectivity index (χ2n) is 9.16. The minimum atomic E-state index is -1.37. The summed E-state index contributed by atoms with van der Waals surface area (Å²) in [6.07, 6.45) is 1.44. The van der Waals surface area contributed by atoms with Gasteiger partial charge in [-0.2, -0.15) is 0 Å². The van der Waals surface area contributed by atoms with E-state index in [0.717, 1.165) is 11.3 Å². The summed E-state index contributed by atoms with van der Waals surface area (Å²) >= 11 is 0. The maximum absolute atomic E-state index is 14.1. The van der Waals surface area contributed by atoms with Crippen LogP contribution in [0.25, 0.3) is 0 Å². The highest BCUT2D eigenvalue weighted by Crippen LogP contribution is 2.61. The molecule has 1 N–H and O–H groups in total. The van der Waals surface area contributed by atoms with Crippen molar-refractivity contribution in [2.45, 2.75) is 24.4 Å². The number of hydrogen-bond acceptors (Lipinski definition) is 8. The van der Waals surface area contributed by atoms with E-state index in [1.165, 1.54) is 32.4 Å². The fraction of sp³-hybridized carbons (Fsp3) is 0.375. The fourth-order valence-corrected chi connectivity index (χ4v) is 6.51. The van der Waals surface area contributed by atoms with Gasteiger partial charge in [-0.05, 0) is 43.7 Å². The van der Waals surface area contributed by atoms with Crippen molar-refractivity contribution in [2.24, 2.45) is 11.8 Å². The van der Waals surface area contributed by atoms with Gasteiger partial charge in [-0.25, -0.2) is 4.90 Å². The van der Waals surface area contributed by atoms with Gasteiger partial charge in [0.1, 0.15) is 22.7 Å². The molecule has 0 unspecified atom stereocenters. The Morgan fingerprint density at radius 2 is 1.89 bits per heavy atom. The first-order chi connectivity index (χ1) is 16.8. The number of methoxy groups -OCH3 is 2. The number of fused-ring (bicyclic) bond motifs is 7. The number of nitro benzene ring substituents is 1. The van der Waals surface area contributed by atoms with Crippen molar-refractivity contribution in [1.82, 2.24) is 4.90 Å². The SMILES string of the molecule is COc1ccc2c(c1)[C@]1(C(=O)N2)[C@@H]2C(=O)N(c3cc([N+](=O)[O-])ccc3OC)C(=O)[C@@H]2[C@H]2CCCN21. The third kappa shape index (κ3) is 2.55. The monoisotopic (exact) mass is 478 g/mol. The molecule has 0 saturated carbocycles. The molecule has 35 heavy (non-hydrogen) atoms. The molecule has 6 rings (SSSR count). The number of carbonyl (C=O) groups excluding carboxylic acids is 3. The van der Waals surface area contributed by atoms with Crippen LogP contribution in [0.3, 0.4) is 0 Å². The van der Waals surface area contributed by atoms with Crippen LogP contribution in [0.1, 0.15) is 18.4 Å². The molecule has 3 saturated heterocycles. The number of hydrogen-bond donors (Lipinski definition) is 1. The second-order valence-corrected chi connectivity index (χ2v) is 9.16. The average Bonchev–Trinajstić information content (AvgIpc) is 3.56. The number of ether oxygens (including phenoxy) is 2. The molecule has 2 aromatic carbocycles. The van der Waals surface area contributed by atoms with E-state index >= 15 is 0 Å². The van der Waals surface area contributed by atoms with Crippen LogP contribution in [0.2, 0.25) is 0 Å². The zero-order valence-corrected chi connectivity index (χ0v) is 19.0. The van der Waals surface area contributed by atoms with E-state index in [9.17, 15) is 24.5 Å². The lowest BCUT2D eigenvalue weighted by Gasteiger charge is -2.36. The molecule has 4 atom stereocenters. The zero-order chi connectivity index (χ0) is 24.6. The molecule has 180 valence electrons. The van der Waals surface area contributed by atoms with Crippen molar-refractivity contribution in [3.05, 3.63) is 52.1 Å². The Morgan fingerprint density at radius 3 is 2.60 bits per heavy atom. The standard InChI is InChI=1S/C24H22N4O7/c1-34-13-6-7-15-14(11-13)24(23(31)25-15)20-19(16-4-3-9-26(16)24)21(29)27(22(20)30)17-10-12(28(32)33)5-8-18(17)35-2/h5-8,10-11,16,19-20H,3-4,9H2,1-2H3,(H,25,31)/t16-,19-,20+,24-/m1/s1. The summed E-state index contributed by atoms with van der Waals surface area (Å²) in [7, 11) is 2.89. The molecule has 0 radical (unpaired) electrons. The Hall–Kier alpha value is -3.99. The molecule has 0 aliphatic carbocycles. The minimum Gasteiger partial charge on any atom is -0.497 e. The van der Waals surface area contributed by atoms with Gasteiger partial charge in [0.05, 0.1) is 31.0 Å². The summed E-state index contributed by atoms with van der Waals surface area (Å²) in [5, 5.41) is 14.3. The number of benzene rings is 2. The lowest BCUT2D eigenvalue weighted by Crippen LogP contribution is -2.54. The quantitative estimate of drug-likeness (QED) is 0.401. The van der Waals surface area contributed by atoms with Gasteiger partial charge in [-0.15, -0.1) is 0 Å². The molecule has 4 heterocycles. The van der Waals surface area contributed by atoms with E-state index in [0.29, 0.717) is 30.0 Å². The Labute approximate surface area is 199 Å². The molecule has 4 aliphatic heterocycles. The van der Waals surface area contributed by atoms with Crippen LogP contribution in [0.15, 0.2) is 36.4 Å². The van der Waals surface area contributed by atoms with Gasteiger partial charge in [0.15, 0.2) is 0 Å². The first-order valence-corrected chi connectivity index (χ1v) is 11.3. The van der Waals surface area contributed by atoms with E-state index < -0.39 is 34.1 Å². The van der Waals surface area contributed by atoms with Crippen LogP contribution in [-0.4, -0.2) is 54.4 Å². The number of carbonyl (C=O) groups is 3. The van der Waals surface area contributed by atoms with Crippen molar-refractivity contribution in [3.63, 3.8) is 0 Å². The van der Waals surface area contributed by atoms with Crippen molar-refractivity contribution in [3.8, 4) is 11.5 Å². The first kappa shape index (κ1) is 21.5. The Balaban J connectivity index is 1.55. The first-order valence-electron chi connectivity index (χ1n) is 11.3. The summed E-state index contributed by atoms with van der Waals surface area (Å²) in [5.41, 5.74) is -0.450. The van der Waals surface area contributed by atoms with Gasteiger partial charge in [0, 0.05) is 29.4 Å². The molecule has 1 spiro atoms. The third-order valence-electron chi connectivity index (χ3n) is 7.81. The molecular weight excluding hydrogens is 456 g/mol. The highest BCUT2D eigenvalue weighted by molar-refractivity contribution is 6.26. The lowest BCUT2D eigenvalue weighted by molar-refractivity contribution is -0.384. The predicted molar refractivity (Wildman–Crippen MR) is 122 cm³/mol. The maximum Gasteiger partial charge on any atom is 0.271 e. The van der Waals surface area contributed by atoms with Crippen molar-refractivity contribution in [1.29, 1.82) is 0 Å². The Bertz CT molecular complexity index is 1330. The maximum atomic E-state index is 14.1. The topological polar surface area (TPSA) is 131 Å². The average molecular weight is 478 g/mol. The predicted octanol–water partition coefficient (Wildman–Crippen LogP) is 2.04. The summed E-state index contributed by atoms with van der Waals surface area (Å²) in [4.78, 5) is 55.5. The van der Waals surface area contributed by atoms with Crippen LogP contribution in [0.4, 0.5) is 17.1 Å². The van der Waals surface area contributed by atoms with Crippen molar-refractivity contribution < 1.29 is 28.8 Å². The summed E-state index contributed by atoms with van der Waals surface area (Å²) in [5.74, 6) is -2.46. The van der Waals surface area contributed by atoms with E-state index in [1.807, 2.05) is 4.90 Å². The molecule has 0 bridgehead atoms. The number of nitrogens with one attached hydrogen (secondary N) is 1. The highest BCUT2D eigenvalue weighted by atomic mass is 16.6. The van der Waals surface area contributed by atoms with E-state index in [-0.39, 0.29) is 29.1 Å². The van der Waals surface area contributed by atoms with Gasteiger partial charge in [-0.3, -0.25) is 29.4 Å². The van der Waals surface area contributed by atoms with Gasteiger partial charge >= 0.3 is 0 Å². The minimum absolute atomic E-state index is 0.00932. The molecular formula is C24H22N4O7. The highest BCUT2D eigenvalue weighted by Gasteiger charge is 2.74. The number of amides is 3. The summed E-state index contributed by atoms with van der Waals surface area (Å²) < 4.78 is 10.8. The van der Waals surface area contributed by atoms with Crippen LogP contribution < -0.4 is 19.7 Å². The summed E-state index contributed by atoms with van der Waals surface area (Å²) in [6.45, 7) is 0.572. The number of non-ortho nitro benzene ring substituents is 1. The van der Waals surface area contributed by atoms with Crippen LogP contribution in [0.5, 0.6) is 11.5 Å². The van der Waals surface area contributed by atoms with Crippen LogP contribution >= 0.6 is 0 Å². The van der Waals surface area contributed by atoms with Gasteiger partial charge in [0.25, 0.3) is 5.69 Å². The number of nitro groups is 1. The third-order valence-corrected chi connectivity index (χ3v) is 7.81. The summed E-state index contributed by atoms with van der Waals surface area (Å²) in [6, 6.07) is 8.69. The molecule has 0 aromatic heterocycles. The Morgan fingerprint density at radius 1 is 1.09 bits per heavy atom.